The lowest BCUT2D eigenvalue weighted by Crippen LogP contribution is -2.41. The van der Waals surface area contributed by atoms with Gasteiger partial charge in [0.05, 0.1) is 11.2 Å². The fourth-order valence-electron chi connectivity index (χ4n) is 2.72. The molecule has 3 heteroatoms. The highest BCUT2D eigenvalue weighted by molar-refractivity contribution is 6.49. The molecular formula is C15H31BO2. The van der Waals surface area contributed by atoms with Crippen LogP contribution in [0.15, 0.2) is 0 Å². The maximum Gasteiger partial charge on any atom is 0.464 e. The van der Waals surface area contributed by atoms with E-state index in [1.165, 1.54) is 32.1 Å². The first-order valence-electron chi connectivity index (χ1n) is 7.63. The molecule has 0 N–H and O–H groups in total. The Morgan fingerprint density at radius 1 is 0.722 bits per heavy atom. The Balaban J connectivity index is 0.000000771. The number of hydrogen-bond donors (Lipinski definition) is 0. The Kier molecular flexibility index (Phi) is 4.94. The second-order valence-electron chi connectivity index (χ2n) is 6.80. The molecule has 0 bridgehead atoms. The van der Waals surface area contributed by atoms with Crippen molar-refractivity contribution < 1.29 is 9.31 Å². The van der Waals surface area contributed by atoms with E-state index in [4.69, 9.17) is 9.31 Å². The lowest BCUT2D eigenvalue weighted by atomic mass is 9.52. The van der Waals surface area contributed by atoms with E-state index in [1.807, 2.05) is 13.8 Å². The normalized spacial score (nSPS) is 28.5. The summed E-state index contributed by atoms with van der Waals surface area (Å²) < 4.78 is 12.4. The Morgan fingerprint density at radius 3 is 1.50 bits per heavy atom. The summed E-state index contributed by atoms with van der Waals surface area (Å²) in [5.41, 5.74) is -0.365. The van der Waals surface area contributed by atoms with Crippen molar-refractivity contribution in [2.45, 2.75) is 97.1 Å². The van der Waals surface area contributed by atoms with Gasteiger partial charge in [-0.05, 0) is 40.5 Å². The van der Waals surface area contributed by atoms with Crippen molar-refractivity contribution in [2.75, 3.05) is 0 Å². The monoisotopic (exact) mass is 254 g/mol. The molecule has 0 radical (unpaired) electrons. The van der Waals surface area contributed by atoms with Gasteiger partial charge in [0, 0.05) is 5.31 Å². The quantitative estimate of drug-likeness (QED) is 0.624. The molecule has 18 heavy (non-hydrogen) atoms. The van der Waals surface area contributed by atoms with Gasteiger partial charge in [0.1, 0.15) is 0 Å². The van der Waals surface area contributed by atoms with Crippen molar-refractivity contribution in [3.63, 3.8) is 0 Å². The first-order valence-corrected chi connectivity index (χ1v) is 7.63. The summed E-state index contributed by atoms with van der Waals surface area (Å²) in [5.74, 6) is 0. The number of rotatable bonds is 1. The molecule has 106 valence electrons. The topological polar surface area (TPSA) is 18.5 Å². The lowest BCUT2D eigenvalue weighted by Gasteiger charge is -2.35. The molecule has 2 aliphatic rings. The second kappa shape index (κ2) is 5.54. The molecule has 0 aromatic carbocycles. The van der Waals surface area contributed by atoms with E-state index >= 15 is 0 Å². The van der Waals surface area contributed by atoms with E-state index < -0.39 is 0 Å². The van der Waals surface area contributed by atoms with Crippen LogP contribution in [-0.4, -0.2) is 18.3 Å². The fraction of sp³-hybridized carbons (Fsp3) is 1.00. The maximum absolute atomic E-state index is 6.18. The summed E-state index contributed by atoms with van der Waals surface area (Å²) in [4.78, 5) is 0. The predicted molar refractivity (Wildman–Crippen MR) is 78.9 cm³/mol. The van der Waals surface area contributed by atoms with Gasteiger partial charge in [-0.1, -0.05) is 40.0 Å². The SMILES string of the molecule is CC.CC1(B2OC(C)(C)C(C)(C)O2)CCCCC1. The molecule has 0 unspecified atom stereocenters. The van der Waals surface area contributed by atoms with Gasteiger partial charge in [0.25, 0.3) is 0 Å². The van der Waals surface area contributed by atoms with Gasteiger partial charge in [0.15, 0.2) is 0 Å². The zero-order chi connectivity index (χ0) is 14.0. The summed E-state index contributed by atoms with van der Waals surface area (Å²) in [6, 6.07) is 0. The van der Waals surface area contributed by atoms with Gasteiger partial charge in [0.2, 0.25) is 0 Å². The average molecular weight is 254 g/mol. The molecule has 1 heterocycles. The molecule has 0 amide bonds. The fourth-order valence-corrected chi connectivity index (χ4v) is 2.72. The van der Waals surface area contributed by atoms with E-state index in [-0.39, 0.29) is 23.6 Å². The Labute approximate surface area is 114 Å². The van der Waals surface area contributed by atoms with Crippen LogP contribution >= 0.6 is 0 Å². The van der Waals surface area contributed by atoms with Gasteiger partial charge in [-0.2, -0.15) is 0 Å². The summed E-state index contributed by atoms with van der Waals surface area (Å²) >= 11 is 0. The minimum absolute atomic E-state index is 0.0159. The Hall–Kier alpha value is -0.0151. The largest absolute Gasteiger partial charge is 0.464 e. The van der Waals surface area contributed by atoms with Crippen LogP contribution in [0.25, 0.3) is 0 Å². The summed E-state index contributed by atoms with van der Waals surface area (Å²) in [6.07, 6.45) is 6.49. The molecule has 1 saturated heterocycles. The molecule has 1 saturated carbocycles. The Bertz CT molecular complexity index is 252. The van der Waals surface area contributed by atoms with E-state index in [2.05, 4.69) is 34.6 Å². The predicted octanol–water partition coefficient (Wildman–Crippen LogP) is 4.83. The zero-order valence-corrected chi connectivity index (χ0v) is 13.4. The maximum atomic E-state index is 6.18. The van der Waals surface area contributed by atoms with Crippen LogP contribution in [0.2, 0.25) is 5.31 Å². The van der Waals surface area contributed by atoms with Gasteiger partial charge >= 0.3 is 7.12 Å². The van der Waals surface area contributed by atoms with Crippen LogP contribution in [0.5, 0.6) is 0 Å². The third kappa shape index (κ3) is 2.93. The molecule has 0 aromatic heterocycles. The van der Waals surface area contributed by atoms with Crippen molar-refractivity contribution in [3.8, 4) is 0 Å². The summed E-state index contributed by atoms with van der Waals surface area (Å²) in [6.45, 7) is 14.9. The standard InChI is InChI=1S/C13H25BO2.C2H6/c1-11(2)12(3,4)16-14(15-11)13(5)9-7-6-8-10-13;1-2/h6-10H2,1-5H3;1-2H3. The Morgan fingerprint density at radius 2 is 1.11 bits per heavy atom. The lowest BCUT2D eigenvalue weighted by molar-refractivity contribution is 0.00578. The van der Waals surface area contributed by atoms with Gasteiger partial charge < -0.3 is 9.31 Å². The average Bonchev–Trinajstić information content (AvgIpc) is 2.53. The highest BCUT2D eigenvalue weighted by atomic mass is 16.7. The molecular weight excluding hydrogens is 223 g/mol. The first-order chi connectivity index (χ1) is 8.27. The van der Waals surface area contributed by atoms with E-state index in [0.29, 0.717) is 0 Å². The van der Waals surface area contributed by atoms with Crippen molar-refractivity contribution in [1.29, 1.82) is 0 Å². The summed E-state index contributed by atoms with van der Waals surface area (Å²) in [7, 11) is -0.0159. The number of hydrogen-bond acceptors (Lipinski definition) is 2. The molecule has 0 aromatic rings. The molecule has 0 atom stereocenters. The van der Waals surface area contributed by atoms with Gasteiger partial charge in [-0.25, -0.2) is 0 Å². The first kappa shape index (κ1) is 16.0. The third-order valence-electron chi connectivity index (χ3n) is 4.82. The van der Waals surface area contributed by atoms with Crippen molar-refractivity contribution >= 4 is 7.12 Å². The van der Waals surface area contributed by atoms with Crippen molar-refractivity contribution in [1.82, 2.24) is 0 Å². The molecule has 2 nitrogen and oxygen atoms in total. The summed E-state index contributed by atoms with van der Waals surface area (Å²) in [5, 5.41) is 0.225. The van der Waals surface area contributed by atoms with Crippen LogP contribution in [0.4, 0.5) is 0 Å². The van der Waals surface area contributed by atoms with Crippen LogP contribution in [0.1, 0.15) is 80.6 Å². The van der Waals surface area contributed by atoms with Crippen LogP contribution in [-0.2, 0) is 9.31 Å². The van der Waals surface area contributed by atoms with Gasteiger partial charge in [-0.15, -0.1) is 0 Å². The zero-order valence-electron chi connectivity index (χ0n) is 13.4. The van der Waals surface area contributed by atoms with Crippen molar-refractivity contribution in [2.24, 2.45) is 0 Å². The van der Waals surface area contributed by atoms with Crippen LogP contribution < -0.4 is 0 Å². The molecule has 2 rings (SSSR count). The molecule has 1 aliphatic carbocycles. The molecule has 1 aliphatic heterocycles. The third-order valence-corrected chi connectivity index (χ3v) is 4.82. The van der Waals surface area contributed by atoms with Crippen molar-refractivity contribution in [3.05, 3.63) is 0 Å². The van der Waals surface area contributed by atoms with E-state index in [0.717, 1.165) is 0 Å². The smallest absolute Gasteiger partial charge is 0.403 e. The van der Waals surface area contributed by atoms with Gasteiger partial charge in [-0.3, -0.25) is 0 Å². The minimum Gasteiger partial charge on any atom is -0.403 e. The molecule has 0 spiro atoms. The van der Waals surface area contributed by atoms with Crippen LogP contribution in [0, 0.1) is 0 Å². The second-order valence-corrected chi connectivity index (χ2v) is 6.80. The van der Waals surface area contributed by atoms with E-state index in [1.54, 1.807) is 0 Å². The highest BCUT2D eigenvalue weighted by Gasteiger charge is 2.57. The van der Waals surface area contributed by atoms with E-state index in [9.17, 15) is 0 Å². The van der Waals surface area contributed by atoms with Crippen LogP contribution in [0.3, 0.4) is 0 Å². The highest BCUT2D eigenvalue weighted by Crippen LogP contribution is 2.51. The molecule has 2 fully saturated rings. The minimum atomic E-state index is -0.182.